The highest BCUT2D eigenvalue weighted by molar-refractivity contribution is 5.94. The van der Waals surface area contributed by atoms with Crippen molar-refractivity contribution in [2.24, 2.45) is 0 Å². The molecule has 4 N–H and O–H groups in total. The van der Waals surface area contributed by atoms with Gasteiger partial charge in [-0.1, -0.05) is 6.92 Å². The Morgan fingerprint density at radius 1 is 1.40 bits per heavy atom. The van der Waals surface area contributed by atoms with Crippen molar-refractivity contribution in [1.29, 1.82) is 0 Å². The van der Waals surface area contributed by atoms with Crippen LogP contribution < -0.4 is 21.5 Å². The molecule has 3 rings (SSSR count). The van der Waals surface area contributed by atoms with Crippen LogP contribution in [0.15, 0.2) is 30.9 Å². The molecular weight excluding hydrogens is 318 g/mol. The van der Waals surface area contributed by atoms with Crippen molar-refractivity contribution in [3.63, 3.8) is 0 Å². The standard InChI is InChI=1S/C17H23N7O/c1-2-13-7-3-4-9-24(13)16-14(18)15(20-11-21-16)22-23-17(25)12-6-5-8-19-10-12/h5-6,8,10-11,13H,2-4,7,9,18H2,1H3,(H,23,25)(H,20,21,22). The van der Waals surface area contributed by atoms with Gasteiger partial charge in [-0.25, -0.2) is 9.97 Å². The summed E-state index contributed by atoms with van der Waals surface area (Å²) in [5, 5.41) is 0. The van der Waals surface area contributed by atoms with Crippen LogP contribution in [0.1, 0.15) is 43.0 Å². The highest BCUT2D eigenvalue weighted by Gasteiger charge is 2.25. The molecule has 1 unspecified atom stereocenters. The number of rotatable bonds is 5. The number of amides is 1. The Bertz CT molecular complexity index is 722. The number of nitrogens with zero attached hydrogens (tertiary/aromatic N) is 4. The molecule has 2 aromatic rings. The minimum Gasteiger partial charge on any atom is -0.393 e. The van der Waals surface area contributed by atoms with Crippen molar-refractivity contribution in [3.05, 3.63) is 36.4 Å². The highest BCUT2D eigenvalue weighted by atomic mass is 16.2. The van der Waals surface area contributed by atoms with E-state index in [4.69, 9.17) is 5.73 Å². The van der Waals surface area contributed by atoms with Gasteiger partial charge in [-0.15, -0.1) is 0 Å². The third kappa shape index (κ3) is 3.78. The lowest BCUT2D eigenvalue weighted by atomic mass is 10.00. The fourth-order valence-corrected chi connectivity index (χ4v) is 3.10. The number of aromatic nitrogens is 3. The first-order valence-electron chi connectivity index (χ1n) is 8.54. The zero-order valence-corrected chi connectivity index (χ0v) is 14.3. The van der Waals surface area contributed by atoms with E-state index < -0.39 is 0 Å². The van der Waals surface area contributed by atoms with Crippen molar-refractivity contribution in [3.8, 4) is 0 Å². The number of nitrogen functional groups attached to an aromatic ring is 1. The molecule has 0 aliphatic carbocycles. The van der Waals surface area contributed by atoms with Crippen molar-refractivity contribution in [2.75, 3.05) is 22.6 Å². The second kappa shape index (κ2) is 7.78. The Morgan fingerprint density at radius 3 is 3.04 bits per heavy atom. The van der Waals surface area contributed by atoms with Crippen LogP contribution in [0.25, 0.3) is 0 Å². The van der Waals surface area contributed by atoms with E-state index in [1.54, 1.807) is 18.3 Å². The molecule has 0 spiro atoms. The lowest BCUT2D eigenvalue weighted by Gasteiger charge is -2.36. The normalized spacial score (nSPS) is 17.2. The number of carbonyl (C=O) groups excluding carboxylic acids is 1. The second-order valence-electron chi connectivity index (χ2n) is 6.03. The van der Waals surface area contributed by atoms with E-state index in [0.717, 1.165) is 31.6 Å². The summed E-state index contributed by atoms with van der Waals surface area (Å²) in [6.45, 7) is 3.11. The third-order valence-corrected chi connectivity index (χ3v) is 4.45. The molecule has 0 radical (unpaired) electrons. The maximum Gasteiger partial charge on any atom is 0.271 e. The van der Waals surface area contributed by atoms with E-state index in [1.165, 1.54) is 18.9 Å². The van der Waals surface area contributed by atoms with E-state index in [9.17, 15) is 4.79 Å². The number of pyridine rings is 1. The summed E-state index contributed by atoms with van der Waals surface area (Å²) < 4.78 is 0. The Labute approximate surface area is 146 Å². The number of piperidine rings is 1. The van der Waals surface area contributed by atoms with Crippen molar-refractivity contribution < 1.29 is 4.79 Å². The molecule has 25 heavy (non-hydrogen) atoms. The van der Waals surface area contributed by atoms with Crippen LogP contribution in [0, 0.1) is 0 Å². The summed E-state index contributed by atoms with van der Waals surface area (Å²) in [7, 11) is 0. The Hall–Kier alpha value is -2.90. The smallest absolute Gasteiger partial charge is 0.271 e. The van der Waals surface area contributed by atoms with Gasteiger partial charge < -0.3 is 10.6 Å². The van der Waals surface area contributed by atoms with E-state index in [-0.39, 0.29) is 5.91 Å². The molecule has 8 nitrogen and oxygen atoms in total. The van der Waals surface area contributed by atoms with E-state index in [0.29, 0.717) is 23.1 Å². The van der Waals surface area contributed by atoms with Gasteiger partial charge in [0.15, 0.2) is 11.6 Å². The minimum atomic E-state index is -0.308. The third-order valence-electron chi connectivity index (χ3n) is 4.45. The van der Waals surface area contributed by atoms with Gasteiger partial charge in [0.1, 0.15) is 12.0 Å². The molecule has 1 fully saturated rings. The monoisotopic (exact) mass is 341 g/mol. The first-order valence-corrected chi connectivity index (χ1v) is 8.54. The predicted octanol–water partition coefficient (Wildman–Crippen LogP) is 1.98. The largest absolute Gasteiger partial charge is 0.393 e. The summed E-state index contributed by atoms with van der Waals surface area (Å²) in [6, 6.07) is 3.81. The maximum absolute atomic E-state index is 12.1. The number of carbonyl (C=O) groups is 1. The number of hydrogen-bond acceptors (Lipinski definition) is 7. The number of nitrogens with one attached hydrogen (secondary N) is 2. The summed E-state index contributed by atoms with van der Waals surface area (Å²) in [6.07, 6.45) is 9.11. The average molecular weight is 341 g/mol. The highest BCUT2D eigenvalue weighted by Crippen LogP contribution is 2.31. The van der Waals surface area contributed by atoms with Crippen LogP contribution in [0.2, 0.25) is 0 Å². The second-order valence-corrected chi connectivity index (χ2v) is 6.03. The van der Waals surface area contributed by atoms with E-state index in [2.05, 4.69) is 37.6 Å². The fourth-order valence-electron chi connectivity index (χ4n) is 3.10. The first-order chi connectivity index (χ1) is 12.2. The minimum absolute atomic E-state index is 0.308. The van der Waals surface area contributed by atoms with Crippen LogP contribution in [0.5, 0.6) is 0 Å². The SMILES string of the molecule is CCC1CCCCN1c1ncnc(NNC(=O)c2cccnc2)c1N. The fraction of sp³-hybridized carbons (Fsp3) is 0.412. The summed E-state index contributed by atoms with van der Waals surface area (Å²) in [5.41, 5.74) is 12.5. The molecule has 2 aromatic heterocycles. The van der Waals surface area contributed by atoms with Crippen LogP contribution >= 0.6 is 0 Å². The van der Waals surface area contributed by atoms with Gasteiger partial charge in [0.05, 0.1) is 5.56 Å². The van der Waals surface area contributed by atoms with Gasteiger partial charge >= 0.3 is 0 Å². The predicted molar refractivity (Wildman–Crippen MR) is 97.0 cm³/mol. The molecule has 1 saturated heterocycles. The van der Waals surface area contributed by atoms with Gasteiger partial charge in [-0.05, 0) is 37.8 Å². The maximum atomic E-state index is 12.1. The molecule has 8 heteroatoms. The molecule has 0 aromatic carbocycles. The van der Waals surface area contributed by atoms with Crippen molar-refractivity contribution in [2.45, 2.75) is 38.6 Å². The zero-order chi connectivity index (χ0) is 17.6. The summed E-state index contributed by atoms with van der Waals surface area (Å²) >= 11 is 0. The molecule has 1 atom stereocenters. The van der Waals surface area contributed by atoms with E-state index in [1.807, 2.05) is 0 Å². The average Bonchev–Trinajstić information content (AvgIpc) is 2.67. The number of nitrogens with two attached hydrogens (primary N) is 1. The summed E-state index contributed by atoms with van der Waals surface area (Å²) in [4.78, 5) is 26.8. The van der Waals surface area contributed by atoms with Gasteiger partial charge in [0, 0.05) is 25.0 Å². The van der Waals surface area contributed by atoms with Gasteiger partial charge in [0.2, 0.25) is 0 Å². The molecular formula is C17H23N7O. The Kier molecular flexibility index (Phi) is 5.27. The Balaban J connectivity index is 1.74. The molecule has 1 aliphatic heterocycles. The Morgan fingerprint density at radius 2 is 2.28 bits per heavy atom. The number of anilines is 3. The van der Waals surface area contributed by atoms with Gasteiger partial charge in [-0.3, -0.25) is 20.6 Å². The van der Waals surface area contributed by atoms with Crippen molar-refractivity contribution >= 4 is 23.2 Å². The van der Waals surface area contributed by atoms with Crippen LogP contribution in [0.4, 0.5) is 17.3 Å². The van der Waals surface area contributed by atoms with Crippen LogP contribution in [-0.2, 0) is 0 Å². The molecule has 3 heterocycles. The first kappa shape index (κ1) is 16.9. The topological polar surface area (TPSA) is 109 Å². The zero-order valence-electron chi connectivity index (χ0n) is 14.3. The molecule has 1 aliphatic rings. The van der Waals surface area contributed by atoms with E-state index >= 15 is 0 Å². The number of hydrogen-bond donors (Lipinski definition) is 3. The molecule has 1 amide bonds. The van der Waals surface area contributed by atoms with Crippen LogP contribution in [-0.4, -0.2) is 33.4 Å². The molecule has 132 valence electrons. The lowest BCUT2D eigenvalue weighted by molar-refractivity contribution is 0.0962. The number of hydrazine groups is 1. The lowest BCUT2D eigenvalue weighted by Crippen LogP contribution is -2.40. The molecule has 0 bridgehead atoms. The van der Waals surface area contributed by atoms with Crippen molar-refractivity contribution in [1.82, 2.24) is 20.4 Å². The van der Waals surface area contributed by atoms with Crippen LogP contribution in [0.3, 0.4) is 0 Å². The molecule has 0 saturated carbocycles. The van der Waals surface area contributed by atoms with Gasteiger partial charge in [-0.2, -0.15) is 0 Å². The summed E-state index contributed by atoms with van der Waals surface area (Å²) in [5.74, 6) is 0.805. The quantitative estimate of drug-likeness (QED) is 0.713. The van der Waals surface area contributed by atoms with Gasteiger partial charge in [0.25, 0.3) is 5.91 Å².